The Bertz CT molecular complexity index is 2100. The molecule has 2 aromatic heterocycles. The Kier molecular flexibility index (Phi) is 7.23. The van der Waals surface area contributed by atoms with E-state index < -0.39 is 39.6 Å². The smallest absolute Gasteiger partial charge is 0.269 e. The van der Waals surface area contributed by atoms with Gasteiger partial charge in [0.1, 0.15) is 22.9 Å². The number of hydrogen-bond donors (Lipinski definition) is 2. The molecule has 222 valence electrons. The first-order valence-corrected chi connectivity index (χ1v) is 14.6. The Labute approximate surface area is 249 Å². The van der Waals surface area contributed by atoms with E-state index in [0.717, 1.165) is 10.4 Å². The molecule has 3 heterocycles. The fourth-order valence-electron chi connectivity index (χ4n) is 4.76. The lowest BCUT2D eigenvalue weighted by atomic mass is 10.0. The fourth-order valence-corrected chi connectivity index (χ4v) is 5.68. The SMILES string of the molecule is CN(C)S(=O)(=O)c1ccc(-c2nn3cccnc3c2C(=O)N[C@H]2N=C(c3ccccc3)c3cccc(F)c3NC2=O)c(F)c1. The lowest BCUT2D eigenvalue weighted by Crippen LogP contribution is -2.42. The molecule has 0 aliphatic carbocycles. The first-order valence-electron chi connectivity index (χ1n) is 13.2. The number of nitrogens with one attached hydrogen (secondary N) is 2. The minimum absolute atomic E-state index is 0.0417. The van der Waals surface area contributed by atoms with Gasteiger partial charge in [-0.25, -0.2) is 36.0 Å². The zero-order valence-electron chi connectivity index (χ0n) is 23.2. The molecule has 1 aliphatic heterocycles. The number of hydrogen-bond acceptors (Lipinski definition) is 7. The second kappa shape index (κ2) is 11.1. The molecule has 0 bridgehead atoms. The molecule has 0 fully saturated rings. The van der Waals surface area contributed by atoms with Crippen LogP contribution in [0.15, 0.2) is 95.1 Å². The van der Waals surface area contributed by atoms with Crippen molar-refractivity contribution in [1.29, 1.82) is 0 Å². The summed E-state index contributed by atoms with van der Waals surface area (Å²) < 4.78 is 57.7. The zero-order chi connectivity index (χ0) is 31.2. The van der Waals surface area contributed by atoms with E-state index in [-0.39, 0.29) is 38.8 Å². The lowest BCUT2D eigenvalue weighted by molar-refractivity contribution is -0.117. The maximum atomic E-state index is 15.5. The molecule has 11 nitrogen and oxygen atoms in total. The summed E-state index contributed by atoms with van der Waals surface area (Å²) in [6, 6.07) is 17.8. The van der Waals surface area contributed by atoms with Crippen LogP contribution >= 0.6 is 0 Å². The number of carbonyl (C=O) groups excluding carboxylic acids is 2. The van der Waals surface area contributed by atoms with Crippen LogP contribution in [0.4, 0.5) is 14.5 Å². The largest absolute Gasteiger partial charge is 0.322 e. The predicted octanol–water partition coefficient (Wildman–Crippen LogP) is 3.47. The maximum Gasteiger partial charge on any atom is 0.269 e. The number of amides is 2. The van der Waals surface area contributed by atoms with Gasteiger partial charge in [-0.2, -0.15) is 5.10 Å². The Morgan fingerprint density at radius 3 is 2.48 bits per heavy atom. The van der Waals surface area contributed by atoms with Crippen molar-refractivity contribution in [3.8, 4) is 11.3 Å². The van der Waals surface area contributed by atoms with Crippen molar-refractivity contribution in [1.82, 2.24) is 24.2 Å². The van der Waals surface area contributed by atoms with Crippen molar-refractivity contribution in [2.24, 2.45) is 4.99 Å². The molecule has 0 spiro atoms. The Morgan fingerprint density at radius 2 is 1.75 bits per heavy atom. The minimum Gasteiger partial charge on any atom is -0.322 e. The second-order valence-electron chi connectivity index (χ2n) is 9.91. The number of fused-ring (bicyclic) bond motifs is 2. The molecule has 1 atom stereocenters. The summed E-state index contributed by atoms with van der Waals surface area (Å²) in [5, 5.41) is 9.41. The van der Waals surface area contributed by atoms with Gasteiger partial charge in [0.25, 0.3) is 11.8 Å². The summed E-state index contributed by atoms with van der Waals surface area (Å²) >= 11 is 0. The number of aliphatic imine (C=N–C) groups is 1. The molecule has 3 aromatic carbocycles. The summed E-state index contributed by atoms with van der Waals surface area (Å²) in [6.07, 6.45) is 1.37. The van der Waals surface area contributed by atoms with Gasteiger partial charge in [0, 0.05) is 43.2 Å². The standard InChI is InChI=1S/C30H23F2N7O4S/c1-38(2)44(42,43)18-12-13-19(22(32)16-18)26-23(28-33-14-7-15-39(28)37-26)29(40)36-27-30(41)35-25-20(10-6-11-21(25)31)24(34-27)17-8-4-3-5-9-17/h3-16,27H,1-2H3,(H,35,41)(H,36,40)/t27-/m1/s1. The quantitative estimate of drug-likeness (QED) is 0.300. The number of anilines is 1. The van der Waals surface area contributed by atoms with Crippen molar-refractivity contribution in [2.75, 3.05) is 19.4 Å². The molecule has 44 heavy (non-hydrogen) atoms. The van der Waals surface area contributed by atoms with Gasteiger partial charge in [0.2, 0.25) is 16.2 Å². The van der Waals surface area contributed by atoms with Crippen LogP contribution in [0.3, 0.4) is 0 Å². The number of rotatable bonds is 6. The average Bonchev–Trinajstić information content (AvgIpc) is 3.33. The van der Waals surface area contributed by atoms with Gasteiger partial charge in [0.05, 0.1) is 16.3 Å². The number of benzene rings is 3. The van der Waals surface area contributed by atoms with E-state index in [1.165, 1.54) is 55.3 Å². The minimum atomic E-state index is -3.94. The monoisotopic (exact) mass is 615 g/mol. The van der Waals surface area contributed by atoms with Crippen molar-refractivity contribution in [3.05, 3.63) is 114 Å². The van der Waals surface area contributed by atoms with Gasteiger partial charge >= 0.3 is 0 Å². The van der Waals surface area contributed by atoms with Gasteiger partial charge < -0.3 is 10.6 Å². The maximum absolute atomic E-state index is 15.5. The zero-order valence-corrected chi connectivity index (χ0v) is 24.0. The van der Waals surface area contributed by atoms with Crippen LogP contribution in [-0.2, 0) is 14.8 Å². The Morgan fingerprint density at radius 1 is 0.977 bits per heavy atom. The van der Waals surface area contributed by atoms with Crippen LogP contribution in [0.5, 0.6) is 0 Å². The molecule has 6 rings (SSSR count). The molecule has 0 unspecified atom stereocenters. The van der Waals surface area contributed by atoms with E-state index in [2.05, 4.69) is 25.7 Å². The Balaban J connectivity index is 1.44. The van der Waals surface area contributed by atoms with Crippen LogP contribution < -0.4 is 10.6 Å². The summed E-state index contributed by atoms with van der Waals surface area (Å²) in [5.74, 6) is -3.32. The number of carbonyl (C=O) groups is 2. The number of halogens is 2. The van der Waals surface area contributed by atoms with Crippen molar-refractivity contribution in [2.45, 2.75) is 11.1 Å². The van der Waals surface area contributed by atoms with Crippen molar-refractivity contribution < 1.29 is 26.8 Å². The molecule has 5 aromatic rings. The predicted molar refractivity (Wildman–Crippen MR) is 158 cm³/mol. The van der Waals surface area contributed by atoms with Crippen molar-refractivity contribution >= 4 is 38.9 Å². The highest BCUT2D eigenvalue weighted by molar-refractivity contribution is 7.89. The second-order valence-corrected chi connectivity index (χ2v) is 12.1. The lowest BCUT2D eigenvalue weighted by Gasteiger charge is -2.14. The Hall–Kier alpha value is -5.34. The average molecular weight is 616 g/mol. The van der Waals surface area contributed by atoms with E-state index in [4.69, 9.17) is 0 Å². The number of aromatic nitrogens is 3. The summed E-state index contributed by atoms with van der Waals surface area (Å²) in [4.78, 5) is 35.7. The third-order valence-corrected chi connectivity index (χ3v) is 8.75. The van der Waals surface area contributed by atoms with Crippen LogP contribution in [-0.4, -0.2) is 65.1 Å². The summed E-state index contributed by atoms with van der Waals surface area (Å²) in [7, 11) is -1.30. The number of para-hydroxylation sites is 1. The van der Waals surface area contributed by atoms with Crippen LogP contribution in [0, 0.1) is 11.6 Å². The molecule has 1 aliphatic rings. The van der Waals surface area contributed by atoms with Crippen molar-refractivity contribution in [3.63, 3.8) is 0 Å². The van der Waals surface area contributed by atoms with Gasteiger partial charge in [0.15, 0.2) is 5.65 Å². The highest BCUT2D eigenvalue weighted by Gasteiger charge is 2.32. The van der Waals surface area contributed by atoms with Crippen LogP contribution in [0.25, 0.3) is 16.9 Å². The van der Waals surface area contributed by atoms with E-state index in [9.17, 15) is 22.4 Å². The number of sulfonamides is 1. The molecule has 0 saturated carbocycles. The van der Waals surface area contributed by atoms with E-state index >= 15 is 4.39 Å². The summed E-state index contributed by atoms with van der Waals surface area (Å²) in [6.45, 7) is 0. The molecular weight excluding hydrogens is 592 g/mol. The van der Waals surface area contributed by atoms with Gasteiger partial charge in [-0.05, 0) is 30.3 Å². The van der Waals surface area contributed by atoms with Gasteiger partial charge in [-0.15, -0.1) is 0 Å². The first kappa shape index (κ1) is 28.8. The van der Waals surface area contributed by atoms with E-state index in [1.54, 1.807) is 42.5 Å². The van der Waals surface area contributed by atoms with Crippen LogP contribution in [0.2, 0.25) is 0 Å². The van der Waals surface area contributed by atoms with Gasteiger partial charge in [-0.3, -0.25) is 9.59 Å². The van der Waals surface area contributed by atoms with E-state index in [1.807, 2.05) is 0 Å². The molecule has 14 heteroatoms. The third-order valence-electron chi connectivity index (χ3n) is 6.94. The highest BCUT2D eigenvalue weighted by atomic mass is 32.2. The molecule has 0 radical (unpaired) electrons. The molecule has 0 saturated heterocycles. The van der Waals surface area contributed by atoms with E-state index in [0.29, 0.717) is 11.1 Å². The van der Waals surface area contributed by atoms with Gasteiger partial charge in [-0.1, -0.05) is 42.5 Å². The number of nitrogens with zero attached hydrogens (tertiary/aromatic N) is 5. The highest BCUT2D eigenvalue weighted by Crippen LogP contribution is 2.31. The summed E-state index contributed by atoms with van der Waals surface area (Å²) in [5.41, 5.74) is 0.577. The fraction of sp³-hybridized carbons (Fsp3) is 0.100. The molecular formula is C30H23F2N7O4S. The topological polar surface area (TPSA) is 138 Å². The van der Waals surface area contributed by atoms with Crippen LogP contribution in [0.1, 0.15) is 21.5 Å². The first-order chi connectivity index (χ1) is 21.1. The molecule has 2 N–H and O–H groups in total. The normalized spacial score (nSPS) is 15.0. The third kappa shape index (κ3) is 4.99. The number of benzodiazepines with no additional fused rings is 1. The molecule has 2 amide bonds.